The van der Waals surface area contributed by atoms with Crippen molar-refractivity contribution in [2.45, 2.75) is 45.2 Å². The Morgan fingerprint density at radius 2 is 2.15 bits per heavy atom. The summed E-state index contributed by atoms with van der Waals surface area (Å²) in [4.78, 5) is 21.5. The van der Waals surface area contributed by atoms with Gasteiger partial charge in [0.1, 0.15) is 6.04 Å². The van der Waals surface area contributed by atoms with Crippen molar-refractivity contribution in [3.63, 3.8) is 0 Å². The molecule has 0 spiro atoms. The Kier molecular flexibility index (Phi) is 6.11. The Morgan fingerprint density at radius 3 is 2.65 bits per heavy atom. The van der Waals surface area contributed by atoms with Crippen molar-refractivity contribution in [1.29, 1.82) is 0 Å². The summed E-state index contributed by atoms with van der Waals surface area (Å²) >= 11 is 0. The number of nitro benzene ring substituents is 1. The molecule has 6 heteroatoms. The van der Waals surface area contributed by atoms with Crippen LogP contribution in [-0.4, -0.2) is 22.0 Å². The molecular formula is C14H20N2O4. The van der Waals surface area contributed by atoms with E-state index in [0.29, 0.717) is 12.8 Å². The zero-order valence-corrected chi connectivity index (χ0v) is 11.7. The second-order valence-electron chi connectivity index (χ2n) is 4.66. The Labute approximate surface area is 118 Å². The third kappa shape index (κ3) is 4.31. The van der Waals surface area contributed by atoms with E-state index in [4.69, 9.17) is 5.11 Å². The molecule has 0 heterocycles. The van der Waals surface area contributed by atoms with Gasteiger partial charge in [0.05, 0.1) is 4.92 Å². The zero-order chi connectivity index (χ0) is 15.1. The SMILES string of the molecule is CCCC(NC(CC)c1cccc([N+](=O)[O-])c1)C(=O)O. The van der Waals surface area contributed by atoms with Crippen LogP contribution in [0.2, 0.25) is 0 Å². The molecule has 6 nitrogen and oxygen atoms in total. The third-order valence-electron chi connectivity index (χ3n) is 3.17. The maximum atomic E-state index is 11.2. The predicted octanol–water partition coefficient (Wildman–Crippen LogP) is 2.89. The van der Waals surface area contributed by atoms with Crippen LogP contribution >= 0.6 is 0 Å². The van der Waals surface area contributed by atoms with Gasteiger partial charge in [-0.05, 0) is 18.4 Å². The lowest BCUT2D eigenvalue weighted by Crippen LogP contribution is -2.38. The molecular weight excluding hydrogens is 260 g/mol. The quantitative estimate of drug-likeness (QED) is 0.564. The largest absolute Gasteiger partial charge is 0.480 e. The van der Waals surface area contributed by atoms with Crippen molar-refractivity contribution in [1.82, 2.24) is 5.32 Å². The maximum Gasteiger partial charge on any atom is 0.320 e. The molecule has 0 radical (unpaired) electrons. The molecule has 110 valence electrons. The molecule has 2 atom stereocenters. The molecule has 0 bridgehead atoms. The summed E-state index contributed by atoms with van der Waals surface area (Å²) in [6.07, 6.45) is 1.95. The maximum absolute atomic E-state index is 11.2. The number of rotatable bonds is 8. The predicted molar refractivity (Wildman–Crippen MR) is 75.6 cm³/mol. The van der Waals surface area contributed by atoms with E-state index in [1.54, 1.807) is 12.1 Å². The van der Waals surface area contributed by atoms with Crippen LogP contribution < -0.4 is 5.32 Å². The van der Waals surface area contributed by atoms with Crippen molar-refractivity contribution < 1.29 is 14.8 Å². The topological polar surface area (TPSA) is 92.5 Å². The summed E-state index contributed by atoms with van der Waals surface area (Å²) in [6.45, 7) is 3.84. The smallest absolute Gasteiger partial charge is 0.320 e. The van der Waals surface area contributed by atoms with E-state index in [1.165, 1.54) is 12.1 Å². The van der Waals surface area contributed by atoms with Crippen molar-refractivity contribution in [3.05, 3.63) is 39.9 Å². The summed E-state index contributed by atoms with van der Waals surface area (Å²) in [5.41, 5.74) is 0.758. The molecule has 0 saturated heterocycles. The summed E-state index contributed by atoms with van der Waals surface area (Å²) in [6, 6.07) is 5.47. The summed E-state index contributed by atoms with van der Waals surface area (Å²) in [5.74, 6) is -0.893. The average Bonchev–Trinajstić information content (AvgIpc) is 2.43. The zero-order valence-electron chi connectivity index (χ0n) is 11.7. The molecule has 1 aromatic rings. The highest BCUT2D eigenvalue weighted by molar-refractivity contribution is 5.73. The molecule has 2 N–H and O–H groups in total. The van der Waals surface area contributed by atoms with Crippen LogP contribution in [0.15, 0.2) is 24.3 Å². The van der Waals surface area contributed by atoms with Crippen LogP contribution in [0.3, 0.4) is 0 Å². The summed E-state index contributed by atoms with van der Waals surface area (Å²) in [5, 5.41) is 23.0. The molecule has 0 aliphatic rings. The van der Waals surface area contributed by atoms with Crippen LogP contribution in [-0.2, 0) is 4.79 Å². The van der Waals surface area contributed by atoms with Gasteiger partial charge in [0, 0.05) is 18.2 Å². The molecule has 0 aromatic heterocycles. The van der Waals surface area contributed by atoms with Crippen LogP contribution in [0, 0.1) is 10.1 Å². The molecule has 20 heavy (non-hydrogen) atoms. The van der Waals surface area contributed by atoms with E-state index in [2.05, 4.69) is 5.32 Å². The number of carboxylic acid groups (broad SMARTS) is 1. The Bertz CT molecular complexity index is 476. The van der Waals surface area contributed by atoms with Gasteiger partial charge >= 0.3 is 5.97 Å². The monoisotopic (exact) mass is 280 g/mol. The van der Waals surface area contributed by atoms with Crippen LogP contribution in [0.4, 0.5) is 5.69 Å². The normalized spacial score (nSPS) is 13.7. The van der Waals surface area contributed by atoms with Gasteiger partial charge in [-0.15, -0.1) is 0 Å². The number of nitrogens with one attached hydrogen (secondary N) is 1. The van der Waals surface area contributed by atoms with E-state index < -0.39 is 16.9 Å². The van der Waals surface area contributed by atoms with Crippen molar-refractivity contribution in [2.75, 3.05) is 0 Å². The lowest BCUT2D eigenvalue weighted by atomic mass is 10.0. The molecule has 0 fully saturated rings. The van der Waals surface area contributed by atoms with E-state index in [9.17, 15) is 14.9 Å². The number of benzene rings is 1. The van der Waals surface area contributed by atoms with Crippen LogP contribution in [0.5, 0.6) is 0 Å². The number of carboxylic acids is 1. The van der Waals surface area contributed by atoms with E-state index in [-0.39, 0.29) is 11.7 Å². The van der Waals surface area contributed by atoms with Crippen molar-refractivity contribution in [3.8, 4) is 0 Å². The standard InChI is InChI=1S/C14H20N2O4/c1-3-6-13(14(17)18)15-12(4-2)10-7-5-8-11(9-10)16(19)20/h5,7-9,12-13,15H,3-4,6H2,1-2H3,(H,17,18). The molecule has 0 amide bonds. The number of nitrogens with zero attached hydrogens (tertiary/aromatic N) is 1. The van der Waals surface area contributed by atoms with Crippen molar-refractivity contribution >= 4 is 11.7 Å². The van der Waals surface area contributed by atoms with Gasteiger partial charge in [-0.3, -0.25) is 20.2 Å². The summed E-state index contributed by atoms with van der Waals surface area (Å²) in [7, 11) is 0. The number of carbonyl (C=O) groups is 1. The first-order valence-corrected chi connectivity index (χ1v) is 6.72. The summed E-state index contributed by atoms with van der Waals surface area (Å²) < 4.78 is 0. The minimum Gasteiger partial charge on any atom is -0.480 e. The number of non-ortho nitro benzene ring substituents is 1. The fourth-order valence-corrected chi connectivity index (χ4v) is 2.11. The van der Waals surface area contributed by atoms with Gasteiger partial charge in [-0.25, -0.2) is 0 Å². The molecule has 2 unspecified atom stereocenters. The van der Waals surface area contributed by atoms with Crippen molar-refractivity contribution in [2.24, 2.45) is 0 Å². The molecule has 1 aromatic carbocycles. The minimum atomic E-state index is -0.893. The lowest BCUT2D eigenvalue weighted by molar-refractivity contribution is -0.384. The number of hydrogen-bond acceptors (Lipinski definition) is 4. The van der Waals surface area contributed by atoms with E-state index >= 15 is 0 Å². The first-order chi connectivity index (χ1) is 9.49. The second-order valence-corrected chi connectivity index (χ2v) is 4.66. The van der Waals surface area contributed by atoms with Gasteiger partial charge in [0.25, 0.3) is 5.69 Å². The molecule has 0 aliphatic carbocycles. The number of hydrogen-bond donors (Lipinski definition) is 2. The molecule has 1 rings (SSSR count). The highest BCUT2D eigenvalue weighted by atomic mass is 16.6. The van der Waals surface area contributed by atoms with Gasteiger partial charge in [0.15, 0.2) is 0 Å². The Balaban J connectivity index is 2.92. The third-order valence-corrected chi connectivity index (χ3v) is 3.17. The molecule has 0 aliphatic heterocycles. The first-order valence-electron chi connectivity index (χ1n) is 6.72. The lowest BCUT2D eigenvalue weighted by Gasteiger charge is -2.22. The molecule has 0 saturated carbocycles. The van der Waals surface area contributed by atoms with Gasteiger partial charge < -0.3 is 5.11 Å². The van der Waals surface area contributed by atoms with Gasteiger partial charge in [0.2, 0.25) is 0 Å². The van der Waals surface area contributed by atoms with E-state index in [0.717, 1.165) is 12.0 Å². The fourth-order valence-electron chi connectivity index (χ4n) is 2.11. The Hall–Kier alpha value is -1.95. The number of nitro groups is 1. The highest BCUT2D eigenvalue weighted by Crippen LogP contribution is 2.22. The first kappa shape index (κ1) is 16.1. The van der Waals surface area contributed by atoms with Crippen LogP contribution in [0.1, 0.15) is 44.7 Å². The number of aliphatic carboxylic acids is 1. The highest BCUT2D eigenvalue weighted by Gasteiger charge is 2.21. The minimum absolute atomic E-state index is 0.0186. The fraction of sp³-hybridized carbons (Fsp3) is 0.500. The van der Waals surface area contributed by atoms with E-state index in [1.807, 2.05) is 13.8 Å². The van der Waals surface area contributed by atoms with Gasteiger partial charge in [-0.1, -0.05) is 32.4 Å². The average molecular weight is 280 g/mol. The Morgan fingerprint density at radius 1 is 1.45 bits per heavy atom. The van der Waals surface area contributed by atoms with Gasteiger partial charge in [-0.2, -0.15) is 0 Å². The second kappa shape index (κ2) is 7.59. The van der Waals surface area contributed by atoms with Crippen LogP contribution in [0.25, 0.3) is 0 Å².